The van der Waals surface area contributed by atoms with Gasteiger partial charge in [0.25, 0.3) is 0 Å². The smallest absolute Gasteiger partial charge is 0.175 e. The molecule has 0 spiro atoms. The minimum Gasteiger partial charge on any atom is -0.497 e. The third kappa shape index (κ3) is 4.43. The summed E-state index contributed by atoms with van der Waals surface area (Å²) in [4.78, 5) is 0. The topological polar surface area (TPSA) is 60.3 Å². The predicted octanol–water partition coefficient (Wildman–Crippen LogP) is 4.37. The third-order valence-electron chi connectivity index (χ3n) is 4.45. The van der Waals surface area contributed by atoms with Gasteiger partial charge in [0.2, 0.25) is 0 Å². The quantitative estimate of drug-likeness (QED) is 0.603. The Balaban J connectivity index is 1.76. The fraction of sp³-hybridized carbons (Fsp3) is 0.238. The molecule has 28 heavy (non-hydrogen) atoms. The summed E-state index contributed by atoms with van der Waals surface area (Å²) in [6.45, 7) is 4.70. The first-order chi connectivity index (χ1) is 13.5. The second kappa shape index (κ2) is 8.75. The standard InChI is InChI=1S/C21H24N4O2S/c1-14-20(15(2)25(24-14)13-16-8-6-5-7-9-16)23-21(28)22-18-12-17(26-3)10-11-19(18)27-4/h5-12H,13H2,1-4H3,(H2,22,23,28). The van der Waals surface area contributed by atoms with Gasteiger partial charge in [0.05, 0.1) is 43.5 Å². The van der Waals surface area contributed by atoms with Crippen LogP contribution in [0, 0.1) is 13.8 Å². The van der Waals surface area contributed by atoms with Crippen molar-refractivity contribution < 1.29 is 9.47 Å². The van der Waals surface area contributed by atoms with Crippen molar-refractivity contribution in [2.24, 2.45) is 0 Å². The second-order valence-corrected chi connectivity index (χ2v) is 6.74. The number of thiocarbonyl (C=S) groups is 1. The van der Waals surface area contributed by atoms with Crippen LogP contribution in [-0.4, -0.2) is 29.1 Å². The van der Waals surface area contributed by atoms with E-state index in [-0.39, 0.29) is 0 Å². The van der Waals surface area contributed by atoms with E-state index in [2.05, 4.69) is 27.9 Å². The van der Waals surface area contributed by atoms with E-state index in [9.17, 15) is 0 Å². The number of nitrogens with one attached hydrogen (secondary N) is 2. The minimum atomic E-state index is 0.456. The van der Waals surface area contributed by atoms with Crippen LogP contribution in [0.1, 0.15) is 17.0 Å². The van der Waals surface area contributed by atoms with Crippen molar-refractivity contribution in [1.82, 2.24) is 9.78 Å². The second-order valence-electron chi connectivity index (χ2n) is 6.33. The molecular formula is C21H24N4O2S. The van der Waals surface area contributed by atoms with Crippen molar-refractivity contribution in [2.75, 3.05) is 24.9 Å². The van der Waals surface area contributed by atoms with Gasteiger partial charge in [-0.05, 0) is 43.8 Å². The molecule has 3 aromatic rings. The van der Waals surface area contributed by atoms with Gasteiger partial charge in [-0.25, -0.2) is 0 Å². The SMILES string of the molecule is COc1ccc(OC)c(NC(=S)Nc2c(C)nn(Cc3ccccc3)c2C)c1. The van der Waals surface area contributed by atoms with Gasteiger partial charge in [0, 0.05) is 6.07 Å². The zero-order chi connectivity index (χ0) is 20.1. The summed E-state index contributed by atoms with van der Waals surface area (Å²) in [5, 5.41) is 11.5. The fourth-order valence-corrected chi connectivity index (χ4v) is 3.18. The molecule has 7 heteroatoms. The molecule has 0 aliphatic rings. The van der Waals surface area contributed by atoms with Crippen molar-refractivity contribution in [2.45, 2.75) is 20.4 Å². The summed E-state index contributed by atoms with van der Waals surface area (Å²) in [6, 6.07) is 15.7. The normalized spacial score (nSPS) is 10.4. The highest BCUT2D eigenvalue weighted by Gasteiger charge is 2.14. The van der Waals surface area contributed by atoms with Crippen LogP contribution in [0.3, 0.4) is 0 Å². The Morgan fingerprint density at radius 2 is 1.79 bits per heavy atom. The highest BCUT2D eigenvalue weighted by molar-refractivity contribution is 7.80. The molecule has 146 valence electrons. The van der Waals surface area contributed by atoms with Gasteiger partial charge in [-0.3, -0.25) is 4.68 Å². The Labute approximate surface area is 170 Å². The molecule has 1 aromatic heterocycles. The number of hydrogen-bond acceptors (Lipinski definition) is 4. The summed E-state index contributed by atoms with van der Waals surface area (Å²) >= 11 is 5.51. The molecule has 0 radical (unpaired) electrons. The first-order valence-electron chi connectivity index (χ1n) is 8.89. The number of ether oxygens (including phenoxy) is 2. The van der Waals surface area contributed by atoms with E-state index >= 15 is 0 Å². The number of aromatic nitrogens is 2. The molecule has 0 saturated heterocycles. The number of methoxy groups -OCH3 is 2. The maximum Gasteiger partial charge on any atom is 0.175 e. The van der Waals surface area contributed by atoms with Crippen molar-refractivity contribution in [3.05, 3.63) is 65.5 Å². The zero-order valence-electron chi connectivity index (χ0n) is 16.4. The number of rotatable bonds is 6. The predicted molar refractivity (Wildman–Crippen MR) is 117 cm³/mol. The molecule has 2 aromatic carbocycles. The molecule has 0 unspecified atom stereocenters. The summed E-state index contributed by atoms with van der Waals surface area (Å²) in [5.74, 6) is 1.40. The minimum absolute atomic E-state index is 0.456. The lowest BCUT2D eigenvalue weighted by Gasteiger charge is -2.15. The lowest BCUT2D eigenvalue weighted by atomic mass is 10.2. The number of hydrogen-bond donors (Lipinski definition) is 2. The van der Waals surface area contributed by atoms with Crippen LogP contribution in [0.25, 0.3) is 0 Å². The molecule has 2 N–H and O–H groups in total. The molecule has 0 aliphatic heterocycles. The molecule has 0 fully saturated rings. The molecule has 0 amide bonds. The lowest BCUT2D eigenvalue weighted by molar-refractivity contribution is 0.405. The fourth-order valence-electron chi connectivity index (χ4n) is 2.97. The number of anilines is 2. The third-order valence-corrected chi connectivity index (χ3v) is 4.65. The Morgan fingerprint density at radius 3 is 2.46 bits per heavy atom. The van der Waals surface area contributed by atoms with Gasteiger partial charge >= 0.3 is 0 Å². The molecule has 0 atom stereocenters. The van der Waals surface area contributed by atoms with Crippen molar-refractivity contribution in [3.8, 4) is 11.5 Å². The summed E-state index contributed by atoms with van der Waals surface area (Å²) in [6.07, 6.45) is 0. The maximum absolute atomic E-state index is 5.51. The van der Waals surface area contributed by atoms with Crippen LogP contribution in [0.5, 0.6) is 11.5 Å². The first kappa shape index (κ1) is 19.7. The average Bonchev–Trinajstić information content (AvgIpc) is 2.96. The van der Waals surface area contributed by atoms with E-state index in [1.165, 1.54) is 5.56 Å². The Kier molecular flexibility index (Phi) is 6.16. The monoisotopic (exact) mass is 396 g/mol. The van der Waals surface area contributed by atoms with E-state index in [4.69, 9.17) is 21.7 Å². The Morgan fingerprint density at radius 1 is 1.04 bits per heavy atom. The van der Waals surface area contributed by atoms with E-state index in [0.717, 1.165) is 22.8 Å². The molecule has 3 rings (SSSR count). The van der Waals surface area contributed by atoms with Crippen LogP contribution in [0.2, 0.25) is 0 Å². The van der Waals surface area contributed by atoms with Gasteiger partial charge in [-0.2, -0.15) is 5.10 Å². The number of benzene rings is 2. The van der Waals surface area contributed by atoms with Gasteiger partial charge in [0.1, 0.15) is 11.5 Å². The van der Waals surface area contributed by atoms with Crippen LogP contribution >= 0.6 is 12.2 Å². The molecule has 0 bridgehead atoms. The van der Waals surface area contributed by atoms with E-state index < -0.39 is 0 Å². The van der Waals surface area contributed by atoms with Crippen LogP contribution < -0.4 is 20.1 Å². The van der Waals surface area contributed by atoms with Crippen LogP contribution in [0.4, 0.5) is 11.4 Å². The van der Waals surface area contributed by atoms with Gasteiger partial charge in [-0.15, -0.1) is 0 Å². The Bertz CT molecular complexity index is 970. The summed E-state index contributed by atoms with van der Waals surface area (Å²) < 4.78 is 12.6. The van der Waals surface area contributed by atoms with Gasteiger partial charge in [0.15, 0.2) is 5.11 Å². The summed E-state index contributed by atoms with van der Waals surface area (Å²) in [5.41, 5.74) is 4.72. The van der Waals surface area contributed by atoms with E-state index in [1.807, 2.05) is 54.9 Å². The largest absolute Gasteiger partial charge is 0.497 e. The molecule has 0 saturated carbocycles. The number of aryl methyl sites for hydroxylation is 1. The van der Waals surface area contributed by atoms with Crippen molar-refractivity contribution in [3.63, 3.8) is 0 Å². The van der Waals surface area contributed by atoms with Gasteiger partial charge < -0.3 is 20.1 Å². The maximum atomic E-state index is 5.51. The molecule has 0 aliphatic carbocycles. The molecule has 6 nitrogen and oxygen atoms in total. The average molecular weight is 397 g/mol. The summed E-state index contributed by atoms with van der Waals surface area (Å²) in [7, 11) is 3.24. The van der Waals surface area contributed by atoms with Gasteiger partial charge in [-0.1, -0.05) is 30.3 Å². The first-order valence-corrected chi connectivity index (χ1v) is 9.30. The highest BCUT2D eigenvalue weighted by atomic mass is 32.1. The lowest BCUT2D eigenvalue weighted by Crippen LogP contribution is -2.20. The molecular weight excluding hydrogens is 372 g/mol. The van der Waals surface area contributed by atoms with E-state index in [1.54, 1.807) is 14.2 Å². The zero-order valence-corrected chi connectivity index (χ0v) is 17.3. The number of nitrogens with zero attached hydrogens (tertiary/aromatic N) is 2. The molecule has 1 heterocycles. The van der Waals surface area contributed by atoms with Crippen molar-refractivity contribution in [1.29, 1.82) is 0 Å². The van der Waals surface area contributed by atoms with Crippen LogP contribution in [0.15, 0.2) is 48.5 Å². The van der Waals surface area contributed by atoms with Crippen LogP contribution in [-0.2, 0) is 6.54 Å². The van der Waals surface area contributed by atoms with E-state index in [0.29, 0.717) is 23.2 Å². The Hall–Kier alpha value is -3.06. The van der Waals surface area contributed by atoms with Crippen molar-refractivity contribution >= 4 is 28.7 Å². The highest BCUT2D eigenvalue weighted by Crippen LogP contribution is 2.29.